The number of benzene rings is 1. The molecule has 1 amide bonds. The van der Waals surface area contributed by atoms with Crippen molar-refractivity contribution in [1.82, 2.24) is 5.32 Å². The number of sulfonamides is 1. The third-order valence-electron chi connectivity index (χ3n) is 3.00. The van der Waals surface area contributed by atoms with Gasteiger partial charge in [0, 0.05) is 29.8 Å². The third kappa shape index (κ3) is 5.06. The topological polar surface area (TPSA) is 98.5 Å². The number of nitrogens with two attached hydrogens (primary N) is 1. The average molecular weight is 379 g/mol. The van der Waals surface area contributed by atoms with Gasteiger partial charge in [-0.2, -0.15) is 0 Å². The largest absolute Gasteiger partial charge is 0.385 e. The first kappa shape index (κ1) is 18.1. The minimum atomic E-state index is -3.88. The lowest BCUT2D eigenvalue weighted by Gasteiger charge is -2.15. The fourth-order valence-electron chi connectivity index (χ4n) is 1.75. The molecule has 1 aromatic carbocycles. The van der Waals surface area contributed by atoms with Gasteiger partial charge in [0.1, 0.15) is 0 Å². The summed E-state index contributed by atoms with van der Waals surface area (Å²) in [5.41, 5.74) is 0.710. The Kier molecular flexibility index (Phi) is 6.33. The van der Waals surface area contributed by atoms with Crippen molar-refractivity contribution in [2.75, 3.05) is 13.7 Å². The van der Waals surface area contributed by atoms with Crippen LogP contribution in [0.1, 0.15) is 29.3 Å². The van der Waals surface area contributed by atoms with Crippen molar-refractivity contribution >= 4 is 31.9 Å². The number of hydrogen-bond acceptors (Lipinski definition) is 4. The van der Waals surface area contributed by atoms with Crippen LogP contribution in [0.3, 0.4) is 0 Å². The number of hydrogen-bond donors (Lipinski definition) is 2. The van der Waals surface area contributed by atoms with E-state index in [0.717, 1.165) is 0 Å². The SMILES string of the molecule is COCCC(C)NC(=O)c1cc(Br)c(C)c(S(N)(=O)=O)c1. The van der Waals surface area contributed by atoms with Gasteiger partial charge in [-0.25, -0.2) is 13.6 Å². The van der Waals surface area contributed by atoms with E-state index in [4.69, 9.17) is 9.88 Å². The van der Waals surface area contributed by atoms with Crippen molar-refractivity contribution < 1.29 is 17.9 Å². The van der Waals surface area contributed by atoms with Gasteiger partial charge in [0.25, 0.3) is 5.91 Å². The van der Waals surface area contributed by atoms with Gasteiger partial charge >= 0.3 is 0 Å². The van der Waals surface area contributed by atoms with Crippen LogP contribution >= 0.6 is 15.9 Å². The molecule has 21 heavy (non-hydrogen) atoms. The molecule has 118 valence electrons. The number of nitrogens with one attached hydrogen (secondary N) is 1. The van der Waals surface area contributed by atoms with Gasteiger partial charge in [-0.05, 0) is 38.0 Å². The van der Waals surface area contributed by atoms with Gasteiger partial charge in [0.2, 0.25) is 10.0 Å². The summed E-state index contributed by atoms with van der Waals surface area (Å²) in [4.78, 5) is 12.1. The third-order valence-corrected chi connectivity index (χ3v) is 4.86. The summed E-state index contributed by atoms with van der Waals surface area (Å²) in [6.45, 7) is 3.99. The second kappa shape index (κ2) is 7.35. The van der Waals surface area contributed by atoms with Gasteiger partial charge in [0.05, 0.1) is 4.90 Å². The second-order valence-electron chi connectivity index (χ2n) is 4.78. The number of carbonyl (C=O) groups is 1. The van der Waals surface area contributed by atoms with Gasteiger partial charge in [0.15, 0.2) is 0 Å². The minimum Gasteiger partial charge on any atom is -0.385 e. The minimum absolute atomic E-state index is 0.0634. The van der Waals surface area contributed by atoms with Crippen LogP contribution in [0, 0.1) is 6.92 Å². The summed E-state index contributed by atoms with van der Waals surface area (Å²) in [5.74, 6) is -0.357. The Bertz CT molecular complexity index is 631. The molecule has 0 bridgehead atoms. The summed E-state index contributed by atoms with van der Waals surface area (Å²) in [6, 6.07) is 2.77. The van der Waals surface area contributed by atoms with Crippen LogP contribution in [0.2, 0.25) is 0 Å². The first-order valence-electron chi connectivity index (χ1n) is 6.29. The highest BCUT2D eigenvalue weighted by Crippen LogP contribution is 2.25. The van der Waals surface area contributed by atoms with E-state index in [9.17, 15) is 13.2 Å². The summed E-state index contributed by atoms with van der Waals surface area (Å²) >= 11 is 3.25. The normalized spacial score (nSPS) is 13.0. The molecule has 3 N–H and O–H groups in total. The zero-order valence-electron chi connectivity index (χ0n) is 12.1. The molecule has 1 aromatic rings. The Morgan fingerprint density at radius 1 is 1.48 bits per heavy atom. The van der Waals surface area contributed by atoms with Gasteiger partial charge in [-0.15, -0.1) is 0 Å². The standard InChI is InChI=1S/C13H19BrN2O4S/c1-8(4-5-20-3)16-13(17)10-6-11(14)9(2)12(7-10)21(15,18)19/h6-8H,4-5H2,1-3H3,(H,16,17)(H2,15,18,19). The molecule has 0 saturated carbocycles. The van der Waals surface area contributed by atoms with Gasteiger partial charge in [-0.3, -0.25) is 4.79 Å². The van der Waals surface area contributed by atoms with E-state index in [1.54, 1.807) is 20.1 Å². The molecule has 8 heteroatoms. The van der Waals surface area contributed by atoms with Crippen molar-refractivity contribution in [2.24, 2.45) is 5.14 Å². The Balaban J connectivity index is 3.04. The summed E-state index contributed by atoms with van der Waals surface area (Å²) in [7, 11) is -2.30. The molecule has 0 saturated heterocycles. The molecule has 0 radical (unpaired) electrons. The molecule has 1 atom stereocenters. The molecule has 0 aliphatic rings. The molecular weight excluding hydrogens is 360 g/mol. The van der Waals surface area contributed by atoms with Crippen molar-refractivity contribution in [1.29, 1.82) is 0 Å². The van der Waals surface area contributed by atoms with E-state index in [1.165, 1.54) is 6.07 Å². The Morgan fingerprint density at radius 2 is 2.10 bits per heavy atom. The van der Waals surface area contributed by atoms with E-state index in [2.05, 4.69) is 21.2 Å². The number of amides is 1. The van der Waals surface area contributed by atoms with Gasteiger partial charge in [-0.1, -0.05) is 15.9 Å². The maximum Gasteiger partial charge on any atom is 0.251 e. The van der Waals surface area contributed by atoms with Crippen LogP contribution in [0.5, 0.6) is 0 Å². The lowest BCUT2D eigenvalue weighted by atomic mass is 10.1. The smallest absolute Gasteiger partial charge is 0.251 e. The van der Waals surface area contributed by atoms with E-state index < -0.39 is 10.0 Å². The molecule has 0 heterocycles. The van der Waals surface area contributed by atoms with Crippen LogP contribution in [0.4, 0.5) is 0 Å². The monoisotopic (exact) mass is 378 g/mol. The van der Waals surface area contributed by atoms with E-state index >= 15 is 0 Å². The summed E-state index contributed by atoms with van der Waals surface area (Å²) in [5, 5.41) is 7.95. The molecule has 1 rings (SSSR count). The molecule has 0 aromatic heterocycles. The van der Waals surface area contributed by atoms with Crippen LogP contribution < -0.4 is 10.5 Å². The predicted octanol–water partition coefficient (Wildman–Crippen LogP) is 1.56. The fourth-order valence-corrected chi connectivity index (χ4v) is 3.17. The van der Waals surface area contributed by atoms with Crippen LogP contribution in [-0.2, 0) is 14.8 Å². The zero-order chi connectivity index (χ0) is 16.2. The molecule has 6 nitrogen and oxygen atoms in total. The zero-order valence-corrected chi connectivity index (χ0v) is 14.5. The highest BCUT2D eigenvalue weighted by Gasteiger charge is 2.18. The predicted molar refractivity (Wildman–Crippen MR) is 83.7 cm³/mol. The number of carbonyl (C=O) groups excluding carboxylic acids is 1. The molecule has 0 spiro atoms. The number of halogens is 1. The molecular formula is C13H19BrN2O4S. The van der Waals surface area contributed by atoms with Crippen molar-refractivity contribution in [3.8, 4) is 0 Å². The van der Waals surface area contributed by atoms with E-state index in [0.29, 0.717) is 23.1 Å². The van der Waals surface area contributed by atoms with Crippen molar-refractivity contribution in [3.05, 3.63) is 27.7 Å². The summed E-state index contributed by atoms with van der Waals surface area (Å²) < 4.78 is 28.6. The lowest BCUT2D eigenvalue weighted by molar-refractivity contribution is 0.0929. The van der Waals surface area contributed by atoms with Gasteiger partial charge < -0.3 is 10.1 Å². The molecule has 0 aliphatic carbocycles. The quantitative estimate of drug-likeness (QED) is 0.784. The fraction of sp³-hybridized carbons (Fsp3) is 0.462. The lowest BCUT2D eigenvalue weighted by Crippen LogP contribution is -2.33. The Hall–Kier alpha value is -0.960. The maximum absolute atomic E-state index is 12.2. The van der Waals surface area contributed by atoms with Crippen LogP contribution in [0.25, 0.3) is 0 Å². The van der Waals surface area contributed by atoms with Crippen molar-refractivity contribution in [2.45, 2.75) is 31.2 Å². The van der Waals surface area contributed by atoms with E-state index in [1.807, 2.05) is 6.92 Å². The number of methoxy groups -OCH3 is 1. The first-order valence-corrected chi connectivity index (χ1v) is 8.63. The highest BCUT2D eigenvalue weighted by molar-refractivity contribution is 9.10. The molecule has 0 fully saturated rings. The maximum atomic E-state index is 12.2. The van der Waals surface area contributed by atoms with Crippen molar-refractivity contribution in [3.63, 3.8) is 0 Å². The Morgan fingerprint density at radius 3 is 2.62 bits per heavy atom. The number of rotatable bonds is 6. The number of primary sulfonamides is 1. The Labute approximate surface area is 133 Å². The average Bonchev–Trinajstić information content (AvgIpc) is 2.37. The first-order chi connectivity index (χ1) is 9.66. The highest BCUT2D eigenvalue weighted by atomic mass is 79.9. The number of ether oxygens (including phenoxy) is 1. The van der Waals surface area contributed by atoms with E-state index in [-0.39, 0.29) is 22.4 Å². The van der Waals surface area contributed by atoms with Crippen LogP contribution in [0.15, 0.2) is 21.5 Å². The summed E-state index contributed by atoms with van der Waals surface area (Å²) in [6.07, 6.45) is 0.664. The molecule has 1 unspecified atom stereocenters. The molecule has 0 aliphatic heterocycles. The second-order valence-corrected chi connectivity index (χ2v) is 7.17. The van der Waals surface area contributed by atoms with Crippen LogP contribution in [-0.4, -0.2) is 34.1 Å².